The molecule has 1 unspecified atom stereocenters. The molecule has 3 nitrogen and oxygen atoms in total. The molecule has 1 N–H and O–H groups in total. The van der Waals surface area contributed by atoms with Crippen molar-refractivity contribution >= 4 is 11.8 Å². The first-order chi connectivity index (χ1) is 10.1. The molecule has 0 saturated carbocycles. The number of allylic oxidation sites excluding steroid dienone is 6. The fourth-order valence-electron chi connectivity index (χ4n) is 2.52. The van der Waals surface area contributed by atoms with Crippen LogP contribution >= 0.6 is 0 Å². The van der Waals surface area contributed by atoms with Gasteiger partial charge in [0.2, 0.25) is 0 Å². The van der Waals surface area contributed by atoms with Gasteiger partial charge in [-0.1, -0.05) is 56.9 Å². The van der Waals surface area contributed by atoms with Crippen LogP contribution < -0.4 is 0 Å². The first kappa shape index (κ1) is 17.4. The smallest absolute Gasteiger partial charge is 0.303 e. The molecule has 3 heteroatoms. The number of aliphatic carboxylic acids is 1. The zero-order chi connectivity index (χ0) is 15.5. The molecule has 0 amide bonds. The second-order valence-corrected chi connectivity index (χ2v) is 5.49. The monoisotopic (exact) mass is 290 g/mol. The van der Waals surface area contributed by atoms with E-state index in [1.165, 1.54) is 0 Å². The van der Waals surface area contributed by atoms with Crippen LogP contribution in [0.1, 0.15) is 58.3 Å². The second-order valence-electron chi connectivity index (χ2n) is 5.49. The van der Waals surface area contributed by atoms with E-state index in [2.05, 4.69) is 13.0 Å². The van der Waals surface area contributed by atoms with E-state index in [-0.39, 0.29) is 18.1 Å². The maximum atomic E-state index is 11.8. The van der Waals surface area contributed by atoms with Crippen LogP contribution in [0.5, 0.6) is 0 Å². The van der Waals surface area contributed by atoms with Gasteiger partial charge in [0, 0.05) is 17.9 Å². The molecule has 0 radical (unpaired) electrons. The Bertz CT molecular complexity index is 430. The molecular formula is C18H26O3. The molecule has 0 saturated heterocycles. The largest absolute Gasteiger partial charge is 0.481 e. The lowest BCUT2D eigenvalue weighted by molar-refractivity contribution is -0.137. The first-order valence-corrected chi connectivity index (χ1v) is 7.96. The van der Waals surface area contributed by atoms with Crippen LogP contribution in [0.25, 0.3) is 0 Å². The van der Waals surface area contributed by atoms with Gasteiger partial charge in [-0.3, -0.25) is 9.59 Å². The molecule has 1 aliphatic carbocycles. The highest BCUT2D eigenvalue weighted by Gasteiger charge is 2.21. The van der Waals surface area contributed by atoms with Crippen LogP contribution in [0.3, 0.4) is 0 Å². The molecule has 0 bridgehead atoms. The van der Waals surface area contributed by atoms with Gasteiger partial charge >= 0.3 is 5.97 Å². The maximum Gasteiger partial charge on any atom is 0.303 e. The van der Waals surface area contributed by atoms with Crippen LogP contribution in [0, 0.1) is 5.92 Å². The Balaban J connectivity index is 2.23. The zero-order valence-electron chi connectivity index (χ0n) is 12.9. The van der Waals surface area contributed by atoms with Crippen molar-refractivity contribution in [3.63, 3.8) is 0 Å². The van der Waals surface area contributed by atoms with Gasteiger partial charge in [-0.05, 0) is 25.3 Å². The summed E-state index contributed by atoms with van der Waals surface area (Å²) in [6, 6.07) is 0. The van der Waals surface area contributed by atoms with Crippen LogP contribution in [0.2, 0.25) is 0 Å². The minimum Gasteiger partial charge on any atom is -0.481 e. The predicted molar refractivity (Wildman–Crippen MR) is 85.1 cm³/mol. The topological polar surface area (TPSA) is 54.4 Å². The van der Waals surface area contributed by atoms with Gasteiger partial charge in [0.1, 0.15) is 0 Å². The van der Waals surface area contributed by atoms with E-state index in [1.807, 2.05) is 18.2 Å². The van der Waals surface area contributed by atoms with E-state index in [0.29, 0.717) is 0 Å². The number of carbonyl (C=O) groups is 2. The van der Waals surface area contributed by atoms with Gasteiger partial charge in [0.25, 0.3) is 0 Å². The number of carbonyl (C=O) groups excluding carboxylic acids is 1. The van der Waals surface area contributed by atoms with Crippen LogP contribution in [-0.4, -0.2) is 16.9 Å². The molecule has 0 aliphatic heterocycles. The molecule has 0 fully saturated rings. The van der Waals surface area contributed by atoms with Crippen LogP contribution in [-0.2, 0) is 9.59 Å². The van der Waals surface area contributed by atoms with E-state index >= 15 is 0 Å². The van der Waals surface area contributed by atoms with Gasteiger partial charge < -0.3 is 5.11 Å². The van der Waals surface area contributed by atoms with Crippen molar-refractivity contribution in [2.45, 2.75) is 58.3 Å². The highest BCUT2D eigenvalue weighted by atomic mass is 16.4. The average molecular weight is 290 g/mol. The molecule has 0 aromatic carbocycles. The number of carboxylic acid groups (broad SMARTS) is 1. The van der Waals surface area contributed by atoms with Gasteiger partial charge in [0.15, 0.2) is 5.78 Å². The van der Waals surface area contributed by atoms with Crippen molar-refractivity contribution in [2.75, 3.05) is 0 Å². The van der Waals surface area contributed by atoms with Crippen molar-refractivity contribution in [3.05, 3.63) is 36.0 Å². The highest BCUT2D eigenvalue weighted by Crippen LogP contribution is 2.27. The van der Waals surface area contributed by atoms with E-state index in [1.54, 1.807) is 6.08 Å². The van der Waals surface area contributed by atoms with Crippen molar-refractivity contribution in [1.29, 1.82) is 0 Å². The average Bonchev–Trinajstić information content (AvgIpc) is 2.79. The normalized spacial score (nSPS) is 20.0. The SMILES string of the molecule is CCC=CC=C1C(=O)C=CC1CCCCCCCC(=O)O. The molecule has 21 heavy (non-hydrogen) atoms. The molecule has 1 rings (SSSR count). The number of hydrogen-bond acceptors (Lipinski definition) is 2. The first-order valence-electron chi connectivity index (χ1n) is 7.96. The van der Waals surface area contributed by atoms with E-state index in [4.69, 9.17) is 5.11 Å². The lowest BCUT2D eigenvalue weighted by Gasteiger charge is -2.09. The Morgan fingerprint density at radius 3 is 2.67 bits per heavy atom. The fraction of sp³-hybridized carbons (Fsp3) is 0.556. The predicted octanol–water partition coefficient (Wildman–Crippen LogP) is 4.45. The van der Waals surface area contributed by atoms with Crippen LogP contribution in [0.4, 0.5) is 0 Å². The third-order valence-electron chi connectivity index (χ3n) is 3.72. The Labute approximate surface area is 127 Å². The molecular weight excluding hydrogens is 264 g/mol. The summed E-state index contributed by atoms with van der Waals surface area (Å²) in [5, 5.41) is 8.55. The quantitative estimate of drug-likeness (QED) is 0.477. The van der Waals surface area contributed by atoms with Crippen molar-refractivity contribution in [1.82, 2.24) is 0 Å². The minimum atomic E-state index is -0.709. The standard InChI is InChI=1S/C18H26O3/c1-2-3-7-11-16-15(13-14-17(16)19)10-8-5-4-6-9-12-18(20)21/h3,7,11,13-15H,2,4-6,8-10,12H2,1H3,(H,20,21). The second kappa shape index (κ2) is 10.1. The maximum absolute atomic E-state index is 11.8. The van der Waals surface area contributed by atoms with Crippen LogP contribution in [0.15, 0.2) is 36.0 Å². The Morgan fingerprint density at radius 1 is 1.24 bits per heavy atom. The summed E-state index contributed by atoms with van der Waals surface area (Å²) in [6.45, 7) is 2.07. The molecule has 1 atom stereocenters. The summed E-state index contributed by atoms with van der Waals surface area (Å²) < 4.78 is 0. The Kier molecular flexibility index (Phi) is 8.41. The summed E-state index contributed by atoms with van der Waals surface area (Å²) in [4.78, 5) is 22.2. The zero-order valence-corrected chi connectivity index (χ0v) is 12.9. The summed E-state index contributed by atoms with van der Waals surface area (Å²) in [5.41, 5.74) is 0.908. The lowest BCUT2D eigenvalue weighted by Crippen LogP contribution is -2.02. The highest BCUT2D eigenvalue weighted by molar-refractivity contribution is 6.07. The van der Waals surface area contributed by atoms with Crippen molar-refractivity contribution < 1.29 is 14.7 Å². The van der Waals surface area contributed by atoms with Gasteiger partial charge in [0.05, 0.1) is 0 Å². The molecule has 0 aromatic rings. The molecule has 0 aromatic heterocycles. The summed E-state index contributed by atoms with van der Waals surface area (Å²) >= 11 is 0. The minimum absolute atomic E-state index is 0.141. The molecule has 1 aliphatic rings. The molecule has 116 valence electrons. The number of unbranched alkanes of at least 4 members (excludes halogenated alkanes) is 4. The van der Waals surface area contributed by atoms with E-state index in [9.17, 15) is 9.59 Å². The van der Waals surface area contributed by atoms with Gasteiger partial charge in [-0.25, -0.2) is 0 Å². The molecule has 0 heterocycles. The Morgan fingerprint density at radius 2 is 1.95 bits per heavy atom. The van der Waals surface area contributed by atoms with Crippen molar-refractivity contribution in [2.24, 2.45) is 5.92 Å². The lowest BCUT2D eigenvalue weighted by atomic mass is 9.94. The van der Waals surface area contributed by atoms with Crippen molar-refractivity contribution in [3.8, 4) is 0 Å². The number of hydrogen-bond donors (Lipinski definition) is 1. The van der Waals surface area contributed by atoms with Gasteiger partial charge in [-0.2, -0.15) is 0 Å². The van der Waals surface area contributed by atoms with E-state index in [0.717, 1.165) is 50.5 Å². The summed E-state index contributed by atoms with van der Waals surface area (Å²) in [7, 11) is 0. The fourth-order valence-corrected chi connectivity index (χ4v) is 2.52. The summed E-state index contributed by atoms with van der Waals surface area (Å²) in [5.74, 6) is -0.306. The third kappa shape index (κ3) is 7.07. The number of carboxylic acids is 1. The number of rotatable bonds is 10. The molecule has 0 spiro atoms. The summed E-state index contributed by atoms with van der Waals surface area (Å²) in [6.07, 6.45) is 16.9. The number of ketones is 1. The third-order valence-corrected chi connectivity index (χ3v) is 3.72. The van der Waals surface area contributed by atoms with Gasteiger partial charge in [-0.15, -0.1) is 0 Å². The van der Waals surface area contributed by atoms with E-state index < -0.39 is 5.97 Å². The Hall–Kier alpha value is -1.64.